The lowest BCUT2D eigenvalue weighted by Gasteiger charge is -2.03. The summed E-state index contributed by atoms with van der Waals surface area (Å²) in [4.78, 5) is 21.1. The van der Waals surface area contributed by atoms with E-state index < -0.39 is 24.4 Å². The van der Waals surface area contributed by atoms with Crippen LogP contribution in [0.2, 0.25) is 0 Å². The summed E-state index contributed by atoms with van der Waals surface area (Å²) in [6.07, 6.45) is 0. The fourth-order valence-corrected chi connectivity index (χ4v) is 0.373. The topological polar surface area (TPSA) is 52.6 Å². The zero-order chi connectivity index (χ0) is 10.4. The van der Waals surface area contributed by atoms with E-state index in [4.69, 9.17) is 0 Å². The van der Waals surface area contributed by atoms with Gasteiger partial charge in [0.25, 0.3) is 0 Å². The third-order valence-electron chi connectivity index (χ3n) is 1.11. The van der Waals surface area contributed by atoms with Crippen LogP contribution in [0.25, 0.3) is 0 Å². The van der Waals surface area contributed by atoms with Gasteiger partial charge in [-0.15, -0.1) is 0 Å². The van der Waals surface area contributed by atoms with Crippen LogP contribution in [0, 0.1) is 0 Å². The molecule has 0 saturated heterocycles. The molecule has 4 nitrogen and oxygen atoms in total. The number of hydrogen-bond donors (Lipinski definition) is 0. The molecule has 0 aromatic heterocycles. The van der Waals surface area contributed by atoms with E-state index in [0.29, 0.717) is 0 Å². The number of halogens is 1. The van der Waals surface area contributed by atoms with Gasteiger partial charge in [-0.1, -0.05) is 13.2 Å². The Labute approximate surface area is 74.6 Å². The highest BCUT2D eigenvalue weighted by atomic mass is 19.1. The fourth-order valence-electron chi connectivity index (χ4n) is 0.373. The molecule has 0 aromatic rings. The molecule has 0 amide bonds. The molecule has 0 fully saturated rings. The van der Waals surface area contributed by atoms with Crippen molar-refractivity contribution in [2.75, 3.05) is 13.7 Å². The molecule has 0 saturated carbocycles. The summed E-state index contributed by atoms with van der Waals surface area (Å²) >= 11 is 0. The van der Waals surface area contributed by atoms with Gasteiger partial charge in [-0.05, 0) is 0 Å². The first-order chi connectivity index (χ1) is 5.99. The summed E-state index contributed by atoms with van der Waals surface area (Å²) in [5.74, 6) is -3.13. The van der Waals surface area contributed by atoms with Crippen molar-refractivity contribution >= 4 is 11.9 Å². The quantitative estimate of drug-likeness (QED) is 0.372. The summed E-state index contributed by atoms with van der Waals surface area (Å²) in [6, 6.07) is 0. The average molecular weight is 188 g/mol. The Morgan fingerprint density at radius 2 is 1.85 bits per heavy atom. The van der Waals surface area contributed by atoms with Crippen LogP contribution in [-0.2, 0) is 19.1 Å². The SMILES string of the molecule is C=C(F)C(=C)COC(=O)C(=O)OC. The summed E-state index contributed by atoms with van der Waals surface area (Å²) in [5.41, 5.74) is -0.0998. The Bertz CT molecular complexity index is 257. The van der Waals surface area contributed by atoms with E-state index in [9.17, 15) is 14.0 Å². The Hall–Kier alpha value is -1.65. The maximum absolute atomic E-state index is 12.2. The highest BCUT2D eigenvalue weighted by Crippen LogP contribution is 2.05. The molecule has 0 spiro atoms. The lowest BCUT2D eigenvalue weighted by molar-refractivity contribution is -0.165. The normalized spacial score (nSPS) is 8.77. The molecule has 0 aromatic carbocycles. The minimum Gasteiger partial charge on any atom is -0.461 e. The molecule has 0 aliphatic carbocycles. The van der Waals surface area contributed by atoms with E-state index >= 15 is 0 Å². The minimum absolute atomic E-state index is 0.0998. The first kappa shape index (κ1) is 11.4. The van der Waals surface area contributed by atoms with Crippen LogP contribution in [-0.4, -0.2) is 25.7 Å². The minimum atomic E-state index is -1.19. The highest BCUT2D eigenvalue weighted by molar-refractivity contribution is 6.29. The number of rotatable bonds is 3. The molecule has 13 heavy (non-hydrogen) atoms. The molecule has 72 valence electrons. The molecule has 0 aliphatic heterocycles. The zero-order valence-electron chi connectivity index (χ0n) is 7.13. The highest BCUT2D eigenvalue weighted by Gasteiger charge is 2.15. The molecular formula is C8H9FO4. The van der Waals surface area contributed by atoms with Gasteiger partial charge >= 0.3 is 11.9 Å². The van der Waals surface area contributed by atoms with Crippen LogP contribution in [0.15, 0.2) is 24.6 Å². The number of carbonyl (C=O) groups excluding carboxylic acids is 2. The smallest absolute Gasteiger partial charge is 0.417 e. The van der Waals surface area contributed by atoms with Crippen molar-refractivity contribution in [3.8, 4) is 0 Å². The monoisotopic (exact) mass is 188 g/mol. The first-order valence-electron chi connectivity index (χ1n) is 3.26. The van der Waals surface area contributed by atoms with E-state index in [1.54, 1.807) is 0 Å². The van der Waals surface area contributed by atoms with Crippen LogP contribution in [0.1, 0.15) is 0 Å². The molecule has 0 rings (SSSR count). The van der Waals surface area contributed by atoms with Gasteiger partial charge in [-0.3, -0.25) is 0 Å². The third-order valence-corrected chi connectivity index (χ3v) is 1.11. The Morgan fingerprint density at radius 3 is 2.23 bits per heavy atom. The predicted octanol–water partition coefficient (Wildman–Crippen LogP) is 0.742. The van der Waals surface area contributed by atoms with E-state index in [1.165, 1.54) is 0 Å². The van der Waals surface area contributed by atoms with Crippen LogP contribution in [0.5, 0.6) is 0 Å². The molecule has 0 N–H and O–H groups in total. The van der Waals surface area contributed by atoms with Gasteiger partial charge in [0.1, 0.15) is 12.4 Å². The second-order valence-electron chi connectivity index (χ2n) is 2.08. The van der Waals surface area contributed by atoms with Crippen molar-refractivity contribution in [2.45, 2.75) is 0 Å². The molecule has 5 heteroatoms. The molecule has 0 heterocycles. The Morgan fingerprint density at radius 1 is 1.31 bits per heavy atom. The number of esters is 2. The van der Waals surface area contributed by atoms with Crippen molar-refractivity contribution in [3.05, 3.63) is 24.6 Å². The Balaban J connectivity index is 3.90. The van der Waals surface area contributed by atoms with E-state index in [-0.39, 0.29) is 5.57 Å². The summed E-state index contributed by atoms with van der Waals surface area (Å²) < 4.78 is 20.6. The van der Waals surface area contributed by atoms with Crippen molar-refractivity contribution in [1.29, 1.82) is 0 Å². The summed E-state index contributed by atoms with van der Waals surface area (Å²) in [6.45, 7) is 5.72. The fraction of sp³-hybridized carbons (Fsp3) is 0.250. The number of methoxy groups -OCH3 is 1. The van der Waals surface area contributed by atoms with E-state index in [0.717, 1.165) is 7.11 Å². The zero-order valence-corrected chi connectivity index (χ0v) is 7.13. The maximum atomic E-state index is 12.2. The molecule has 0 unspecified atom stereocenters. The molecule has 0 aliphatic rings. The Kier molecular flexibility index (Phi) is 4.43. The molecule has 0 radical (unpaired) electrons. The summed E-state index contributed by atoms with van der Waals surface area (Å²) in [5, 5.41) is 0. The maximum Gasteiger partial charge on any atom is 0.417 e. The number of ether oxygens (including phenoxy) is 2. The van der Waals surface area contributed by atoms with Crippen molar-refractivity contribution < 1.29 is 23.5 Å². The molecular weight excluding hydrogens is 179 g/mol. The largest absolute Gasteiger partial charge is 0.461 e. The van der Waals surface area contributed by atoms with Gasteiger partial charge in [-0.25, -0.2) is 14.0 Å². The second-order valence-corrected chi connectivity index (χ2v) is 2.08. The van der Waals surface area contributed by atoms with Gasteiger partial charge in [-0.2, -0.15) is 0 Å². The second kappa shape index (κ2) is 5.08. The van der Waals surface area contributed by atoms with E-state index in [1.807, 2.05) is 0 Å². The lowest BCUT2D eigenvalue weighted by Crippen LogP contribution is -2.19. The third kappa shape index (κ3) is 4.05. The van der Waals surface area contributed by atoms with Crippen LogP contribution in [0.4, 0.5) is 4.39 Å². The predicted molar refractivity (Wildman–Crippen MR) is 42.4 cm³/mol. The van der Waals surface area contributed by atoms with Crippen LogP contribution < -0.4 is 0 Å². The number of hydrogen-bond acceptors (Lipinski definition) is 4. The van der Waals surface area contributed by atoms with Gasteiger partial charge < -0.3 is 9.47 Å². The standard InChI is InChI=1S/C8H9FO4/c1-5(6(2)9)4-13-8(11)7(10)12-3/h1-2,4H2,3H3. The lowest BCUT2D eigenvalue weighted by atomic mass is 10.3. The van der Waals surface area contributed by atoms with Gasteiger partial charge in [0.15, 0.2) is 0 Å². The van der Waals surface area contributed by atoms with Gasteiger partial charge in [0.2, 0.25) is 0 Å². The van der Waals surface area contributed by atoms with Crippen LogP contribution >= 0.6 is 0 Å². The van der Waals surface area contributed by atoms with Crippen LogP contribution in [0.3, 0.4) is 0 Å². The number of carbonyl (C=O) groups is 2. The average Bonchev–Trinajstić information content (AvgIpc) is 2.11. The van der Waals surface area contributed by atoms with Crippen molar-refractivity contribution in [1.82, 2.24) is 0 Å². The molecule has 0 atom stereocenters. The van der Waals surface area contributed by atoms with Crippen molar-refractivity contribution in [2.24, 2.45) is 0 Å². The van der Waals surface area contributed by atoms with Gasteiger partial charge in [0.05, 0.1) is 7.11 Å². The molecule has 0 bridgehead atoms. The van der Waals surface area contributed by atoms with Gasteiger partial charge in [0, 0.05) is 5.57 Å². The van der Waals surface area contributed by atoms with E-state index in [2.05, 4.69) is 22.6 Å². The first-order valence-corrected chi connectivity index (χ1v) is 3.26. The van der Waals surface area contributed by atoms with Crippen molar-refractivity contribution in [3.63, 3.8) is 0 Å². The summed E-state index contributed by atoms with van der Waals surface area (Å²) in [7, 11) is 1.03.